The van der Waals surface area contributed by atoms with E-state index in [0.717, 1.165) is 17.7 Å². The lowest BCUT2D eigenvalue weighted by Crippen LogP contribution is -2.31. The van der Waals surface area contributed by atoms with Gasteiger partial charge in [-0.2, -0.15) is 0 Å². The molecule has 7 heteroatoms. The molecule has 0 saturated carbocycles. The van der Waals surface area contributed by atoms with Crippen LogP contribution in [0.3, 0.4) is 0 Å². The summed E-state index contributed by atoms with van der Waals surface area (Å²) in [5.41, 5.74) is 1.74. The summed E-state index contributed by atoms with van der Waals surface area (Å²) >= 11 is 0. The Morgan fingerprint density at radius 3 is 2.71 bits per heavy atom. The highest BCUT2D eigenvalue weighted by Crippen LogP contribution is 2.31. The molecule has 0 saturated heterocycles. The van der Waals surface area contributed by atoms with E-state index < -0.39 is 10.0 Å². The highest BCUT2D eigenvalue weighted by atomic mass is 32.2. The smallest absolute Gasteiger partial charge is 0.242 e. The number of benzene rings is 1. The molecule has 1 heterocycles. The quantitative estimate of drug-likeness (QED) is 0.856. The first-order chi connectivity index (χ1) is 9.87. The summed E-state index contributed by atoms with van der Waals surface area (Å²) in [4.78, 5) is 14.1. The lowest BCUT2D eigenvalue weighted by atomic mass is 10.2. The van der Waals surface area contributed by atoms with Gasteiger partial charge in [0.25, 0.3) is 0 Å². The van der Waals surface area contributed by atoms with Gasteiger partial charge in [0.2, 0.25) is 15.9 Å². The maximum atomic E-state index is 12.2. The topological polar surface area (TPSA) is 69.7 Å². The number of carbonyl (C=O) groups is 1. The van der Waals surface area contributed by atoms with Crippen LogP contribution in [0.1, 0.15) is 12.0 Å². The Kier molecular flexibility index (Phi) is 4.65. The van der Waals surface area contributed by atoms with Gasteiger partial charge in [0.15, 0.2) is 0 Å². The number of nitrogens with one attached hydrogen (secondary N) is 1. The maximum Gasteiger partial charge on any atom is 0.242 e. The van der Waals surface area contributed by atoms with Crippen LogP contribution in [-0.4, -0.2) is 52.9 Å². The highest BCUT2D eigenvalue weighted by molar-refractivity contribution is 7.89. The van der Waals surface area contributed by atoms with Gasteiger partial charge in [0, 0.05) is 39.3 Å². The van der Waals surface area contributed by atoms with Gasteiger partial charge in [-0.15, -0.1) is 0 Å². The zero-order chi connectivity index (χ0) is 15.6. The molecule has 0 aromatic heterocycles. The number of rotatable bonds is 5. The van der Waals surface area contributed by atoms with Crippen molar-refractivity contribution in [2.45, 2.75) is 17.7 Å². The largest absolute Gasteiger partial charge is 0.319 e. The van der Waals surface area contributed by atoms with E-state index >= 15 is 0 Å². The molecule has 1 amide bonds. The molecule has 21 heavy (non-hydrogen) atoms. The predicted molar refractivity (Wildman–Crippen MR) is 81.9 cm³/mol. The van der Waals surface area contributed by atoms with Crippen LogP contribution in [0.2, 0.25) is 0 Å². The summed E-state index contributed by atoms with van der Waals surface area (Å²) in [5.74, 6) is 0.0162. The van der Waals surface area contributed by atoms with E-state index in [1.807, 2.05) is 0 Å². The molecular formula is C14H21N3O3S. The van der Waals surface area contributed by atoms with Gasteiger partial charge in [-0.25, -0.2) is 12.7 Å². The number of carbonyl (C=O) groups excluding carboxylic acids is 1. The average molecular weight is 311 g/mol. The van der Waals surface area contributed by atoms with Crippen LogP contribution >= 0.6 is 0 Å². The molecular weight excluding hydrogens is 290 g/mol. The number of sulfonamides is 1. The average Bonchev–Trinajstić information content (AvgIpc) is 2.87. The van der Waals surface area contributed by atoms with Crippen molar-refractivity contribution in [1.82, 2.24) is 9.62 Å². The molecule has 0 aliphatic carbocycles. The molecule has 1 aromatic carbocycles. The Balaban J connectivity index is 2.33. The van der Waals surface area contributed by atoms with Crippen molar-refractivity contribution in [3.8, 4) is 0 Å². The third-order valence-corrected chi connectivity index (χ3v) is 5.43. The monoisotopic (exact) mass is 311 g/mol. The molecule has 0 fully saturated rings. The molecule has 1 N–H and O–H groups in total. The molecule has 0 spiro atoms. The van der Waals surface area contributed by atoms with Crippen LogP contribution < -0.4 is 10.2 Å². The van der Waals surface area contributed by atoms with Crippen LogP contribution in [-0.2, 0) is 21.2 Å². The van der Waals surface area contributed by atoms with Gasteiger partial charge in [0.05, 0.1) is 4.90 Å². The zero-order valence-electron chi connectivity index (χ0n) is 12.6. The minimum atomic E-state index is -3.48. The fourth-order valence-corrected chi connectivity index (χ4v) is 3.28. The summed E-state index contributed by atoms with van der Waals surface area (Å²) in [6, 6.07) is 5.02. The second-order valence-corrected chi connectivity index (χ2v) is 7.38. The summed E-state index contributed by atoms with van der Waals surface area (Å²) < 4.78 is 25.6. The van der Waals surface area contributed by atoms with E-state index in [4.69, 9.17) is 0 Å². The Morgan fingerprint density at radius 2 is 2.10 bits per heavy atom. The van der Waals surface area contributed by atoms with Crippen molar-refractivity contribution in [2.24, 2.45) is 0 Å². The second kappa shape index (κ2) is 6.13. The highest BCUT2D eigenvalue weighted by Gasteiger charge is 2.27. The zero-order valence-corrected chi connectivity index (χ0v) is 13.4. The number of fused-ring (bicyclic) bond motifs is 1. The first-order valence-corrected chi connectivity index (χ1v) is 8.32. The molecule has 0 unspecified atom stereocenters. The third kappa shape index (κ3) is 3.09. The van der Waals surface area contributed by atoms with Crippen LogP contribution in [0.4, 0.5) is 5.69 Å². The third-order valence-electron chi connectivity index (χ3n) is 3.62. The van der Waals surface area contributed by atoms with Crippen molar-refractivity contribution in [3.63, 3.8) is 0 Å². The van der Waals surface area contributed by atoms with E-state index in [2.05, 4.69) is 5.32 Å². The fraction of sp³-hybridized carbons (Fsp3) is 0.500. The summed E-state index contributed by atoms with van der Waals surface area (Å²) in [5, 5.41) is 2.95. The molecule has 1 aliphatic rings. The lowest BCUT2D eigenvalue weighted by molar-refractivity contribution is -0.118. The minimum absolute atomic E-state index is 0.0162. The van der Waals surface area contributed by atoms with Crippen molar-refractivity contribution in [3.05, 3.63) is 23.8 Å². The first-order valence-electron chi connectivity index (χ1n) is 6.88. The number of hydrogen-bond acceptors (Lipinski definition) is 4. The standard InChI is InChI=1S/C14H21N3O3S/c1-15-8-6-14(18)17-9-7-11-4-5-12(10-13(11)17)21(19,20)16(2)3/h4-5,10,15H,6-9H2,1-3H3. The lowest BCUT2D eigenvalue weighted by Gasteiger charge is -2.19. The van der Waals surface area contributed by atoms with Crippen molar-refractivity contribution >= 4 is 21.6 Å². The van der Waals surface area contributed by atoms with Crippen molar-refractivity contribution < 1.29 is 13.2 Å². The molecule has 116 valence electrons. The van der Waals surface area contributed by atoms with Crippen LogP contribution in [0, 0.1) is 0 Å². The molecule has 1 aromatic rings. The number of amides is 1. The van der Waals surface area contributed by atoms with E-state index in [9.17, 15) is 13.2 Å². The van der Waals surface area contributed by atoms with Gasteiger partial charge in [0.1, 0.15) is 0 Å². The Labute approximate surface area is 125 Å². The van der Waals surface area contributed by atoms with Crippen LogP contribution in [0.25, 0.3) is 0 Å². The van der Waals surface area contributed by atoms with Gasteiger partial charge in [-0.1, -0.05) is 6.07 Å². The molecule has 2 rings (SSSR count). The number of anilines is 1. The van der Waals surface area contributed by atoms with E-state index in [0.29, 0.717) is 19.5 Å². The van der Waals surface area contributed by atoms with Gasteiger partial charge in [-0.3, -0.25) is 4.79 Å². The Hall–Kier alpha value is -1.44. The van der Waals surface area contributed by atoms with E-state index in [1.165, 1.54) is 18.4 Å². The summed E-state index contributed by atoms with van der Waals surface area (Å²) in [6.45, 7) is 1.23. The summed E-state index contributed by atoms with van der Waals surface area (Å²) in [6.07, 6.45) is 1.17. The molecule has 6 nitrogen and oxygen atoms in total. The van der Waals surface area contributed by atoms with Gasteiger partial charge in [-0.05, 0) is 31.2 Å². The van der Waals surface area contributed by atoms with Crippen molar-refractivity contribution in [1.29, 1.82) is 0 Å². The maximum absolute atomic E-state index is 12.2. The number of nitrogens with zero attached hydrogens (tertiary/aromatic N) is 2. The minimum Gasteiger partial charge on any atom is -0.319 e. The normalized spacial score (nSPS) is 14.6. The SMILES string of the molecule is CNCCC(=O)N1CCc2ccc(S(=O)(=O)N(C)C)cc21. The molecule has 0 radical (unpaired) electrons. The summed E-state index contributed by atoms with van der Waals surface area (Å²) in [7, 11) is 1.31. The fourth-order valence-electron chi connectivity index (χ4n) is 2.36. The molecule has 0 bridgehead atoms. The van der Waals surface area contributed by atoms with Gasteiger partial charge >= 0.3 is 0 Å². The molecule has 0 atom stereocenters. The van der Waals surface area contributed by atoms with Crippen LogP contribution in [0.15, 0.2) is 23.1 Å². The van der Waals surface area contributed by atoms with E-state index in [1.54, 1.807) is 30.1 Å². The van der Waals surface area contributed by atoms with E-state index in [-0.39, 0.29) is 10.8 Å². The number of hydrogen-bond donors (Lipinski definition) is 1. The second-order valence-electron chi connectivity index (χ2n) is 5.23. The van der Waals surface area contributed by atoms with Crippen molar-refractivity contribution in [2.75, 3.05) is 39.1 Å². The Morgan fingerprint density at radius 1 is 1.38 bits per heavy atom. The predicted octanol–water partition coefficient (Wildman–Crippen LogP) is 0.436. The first kappa shape index (κ1) is 15.9. The van der Waals surface area contributed by atoms with Crippen LogP contribution in [0.5, 0.6) is 0 Å². The van der Waals surface area contributed by atoms with Gasteiger partial charge < -0.3 is 10.2 Å². The Bertz CT molecular complexity index is 641. The molecule has 1 aliphatic heterocycles.